The topological polar surface area (TPSA) is 103 Å². The van der Waals surface area contributed by atoms with Crippen LogP contribution in [0.15, 0.2) is 34.4 Å². The number of aryl methyl sites for hydroxylation is 3. The highest BCUT2D eigenvalue weighted by Crippen LogP contribution is 2.24. The van der Waals surface area contributed by atoms with Crippen LogP contribution in [0.4, 0.5) is 5.13 Å². The summed E-state index contributed by atoms with van der Waals surface area (Å²) >= 11 is 1.20. The third kappa shape index (κ3) is 5.64. The van der Waals surface area contributed by atoms with E-state index in [0.717, 1.165) is 21.4 Å². The molecule has 0 saturated carbocycles. The summed E-state index contributed by atoms with van der Waals surface area (Å²) in [5.74, 6) is -0.805. The van der Waals surface area contributed by atoms with Crippen molar-refractivity contribution in [1.82, 2.24) is 14.8 Å². The van der Waals surface area contributed by atoms with E-state index in [-0.39, 0.29) is 24.5 Å². The zero-order chi connectivity index (χ0) is 22.5. The van der Waals surface area contributed by atoms with Crippen molar-refractivity contribution in [3.63, 3.8) is 0 Å². The molecule has 0 bridgehead atoms. The maximum atomic E-state index is 12.4. The molecule has 1 amide bonds. The van der Waals surface area contributed by atoms with Gasteiger partial charge in [0.1, 0.15) is 6.54 Å². The number of carbonyl (C=O) groups excluding carboxylic acids is 2. The minimum Gasteiger partial charge on any atom is -0.466 e. The number of nitrogens with zero attached hydrogens (tertiary/aromatic N) is 3. The Kier molecular flexibility index (Phi) is 6.96. The van der Waals surface area contributed by atoms with Crippen molar-refractivity contribution in [1.29, 1.82) is 0 Å². The SMILES string of the molecule is CCOC(=O)Cc1csc(NC(=O)Cn2nc(-c3cc(C)c(C)cc3C)ccc2=O)n1. The molecular formula is C22H24N4O4S. The first-order valence-corrected chi connectivity index (χ1v) is 10.7. The summed E-state index contributed by atoms with van der Waals surface area (Å²) in [5, 5.41) is 9.06. The zero-order valence-electron chi connectivity index (χ0n) is 17.9. The van der Waals surface area contributed by atoms with Gasteiger partial charge in [-0.15, -0.1) is 11.3 Å². The van der Waals surface area contributed by atoms with E-state index in [2.05, 4.69) is 21.5 Å². The van der Waals surface area contributed by atoms with Gasteiger partial charge in [0.25, 0.3) is 5.56 Å². The van der Waals surface area contributed by atoms with Crippen LogP contribution in [0.5, 0.6) is 0 Å². The molecule has 3 aromatic rings. The van der Waals surface area contributed by atoms with Crippen LogP contribution < -0.4 is 10.9 Å². The van der Waals surface area contributed by atoms with E-state index in [1.165, 1.54) is 23.0 Å². The first-order chi connectivity index (χ1) is 14.8. The molecule has 3 rings (SSSR count). The van der Waals surface area contributed by atoms with Crippen LogP contribution in [0.1, 0.15) is 29.3 Å². The summed E-state index contributed by atoms with van der Waals surface area (Å²) in [6.07, 6.45) is 0.0403. The smallest absolute Gasteiger partial charge is 0.311 e. The van der Waals surface area contributed by atoms with E-state index in [1.54, 1.807) is 18.4 Å². The number of esters is 1. The summed E-state index contributed by atoms with van der Waals surface area (Å²) in [4.78, 5) is 40.4. The zero-order valence-corrected chi connectivity index (χ0v) is 18.7. The highest BCUT2D eigenvalue weighted by molar-refractivity contribution is 7.13. The maximum absolute atomic E-state index is 12.4. The molecule has 1 N–H and O–H groups in total. The number of aromatic nitrogens is 3. The second-order valence-corrected chi connectivity index (χ2v) is 8.00. The number of carbonyl (C=O) groups is 2. The molecule has 0 atom stereocenters. The number of benzene rings is 1. The lowest BCUT2D eigenvalue weighted by atomic mass is 9.99. The Balaban J connectivity index is 1.73. The normalized spacial score (nSPS) is 10.7. The first-order valence-electron chi connectivity index (χ1n) is 9.83. The lowest BCUT2D eigenvalue weighted by molar-refractivity contribution is -0.142. The number of hydrogen-bond acceptors (Lipinski definition) is 7. The molecule has 0 fully saturated rings. The van der Waals surface area contributed by atoms with E-state index in [9.17, 15) is 14.4 Å². The fourth-order valence-electron chi connectivity index (χ4n) is 3.04. The van der Waals surface area contributed by atoms with Crippen molar-refractivity contribution in [2.24, 2.45) is 0 Å². The Labute approximate surface area is 183 Å². The van der Waals surface area contributed by atoms with E-state index in [4.69, 9.17) is 4.74 Å². The van der Waals surface area contributed by atoms with Crippen molar-refractivity contribution in [2.45, 2.75) is 40.7 Å². The van der Waals surface area contributed by atoms with Crippen molar-refractivity contribution in [3.05, 3.63) is 62.4 Å². The molecule has 31 heavy (non-hydrogen) atoms. The molecule has 2 heterocycles. The van der Waals surface area contributed by atoms with Gasteiger partial charge in [0.2, 0.25) is 5.91 Å². The molecule has 0 aliphatic rings. The Hall–Kier alpha value is -3.33. The molecule has 0 aliphatic carbocycles. The molecule has 0 aliphatic heterocycles. The molecule has 162 valence electrons. The van der Waals surface area contributed by atoms with E-state index < -0.39 is 5.91 Å². The van der Waals surface area contributed by atoms with Crippen LogP contribution >= 0.6 is 11.3 Å². The first kappa shape index (κ1) is 22.4. The van der Waals surface area contributed by atoms with Crippen molar-refractivity contribution < 1.29 is 14.3 Å². The van der Waals surface area contributed by atoms with Gasteiger partial charge in [-0.05, 0) is 56.5 Å². The molecule has 0 spiro atoms. The van der Waals surface area contributed by atoms with Gasteiger partial charge >= 0.3 is 5.97 Å². The van der Waals surface area contributed by atoms with Crippen molar-refractivity contribution in [2.75, 3.05) is 11.9 Å². The van der Waals surface area contributed by atoms with Crippen LogP contribution in [0.2, 0.25) is 0 Å². The van der Waals surface area contributed by atoms with Crippen LogP contribution in [-0.2, 0) is 27.3 Å². The highest BCUT2D eigenvalue weighted by Gasteiger charge is 2.13. The lowest BCUT2D eigenvalue weighted by Gasteiger charge is -2.11. The molecule has 1 aromatic carbocycles. The van der Waals surface area contributed by atoms with Crippen LogP contribution in [0.3, 0.4) is 0 Å². The van der Waals surface area contributed by atoms with Crippen LogP contribution in [-0.4, -0.2) is 33.2 Å². The Morgan fingerprint density at radius 1 is 1.13 bits per heavy atom. The molecule has 0 radical (unpaired) electrons. The number of ether oxygens (including phenoxy) is 1. The van der Waals surface area contributed by atoms with Gasteiger partial charge < -0.3 is 10.1 Å². The maximum Gasteiger partial charge on any atom is 0.311 e. The van der Waals surface area contributed by atoms with E-state index in [1.807, 2.05) is 26.8 Å². The Morgan fingerprint density at radius 3 is 2.61 bits per heavy atom. The second kappa shape index (κ2) is 9.65. The average Bonchev–Trinajstić information content (AvgIpc) is 3.13. The number of rotatable bonds is 7. The van der Waals surface area contributed by atoms with Crippen molar-refractivity contribution in [3.8, 4) is 11.3 Å². The van der Waals surface area contributed by atoms with Gasteiger partial charge in [-0.3, -0.25) is 14.4 Å². The summed E-state index contributed by atoms with van der Waals surface area (Å²) in [5.41, 5.74) is 5.03. The molecule has 2 aromatic heterocycles. The molecule has 0 saturated heterocycles. The third-order valence-corrected chi connectivity index (χ3v) is 5.51. The molecule has 9 heteroatoms. The molecule has 8 nitrogen and oxygen atoms in total. The van der Waals surface area contributed by atoms with Gasteiger partial charge in [-0.2, -0.15) is 5.10 Å². The van der Waals surface area contributed by atoms with Gasteiger partial charge in [0, 0.05) is 17.0 Å². The number of anilines is 1. The monoisotopic (exact) mass is 440 g/mol. The summed E-state index contributed by atoms with van der Waals surface area (Å²) in [6.45, 7) is 7.84. The fourth-order valence-corrected chi connectivity index (χ4v) is 3.77. The second-order valence-electron chi connectivity index (χ2n) is 7.14. The summed E-state index contributed by atoms with van der Waals surface area (Å²) in [6, 6.07) is 7.18. The minimum absolute atomic E-state index is 0.0403. The fraction of sp³-hybridized carbons (Fsp3) is 0.318. The standard InChI is InChI=1S/C22H24N4O4S/c1-5-30-21(29)10-16-12-31-22(23-16)24-19(27)11-26-20(28)7-6-18(25-26)17-9-14(3)13(2)8-15(17)4/h6-9,12H,5,10-11H2,1-4H3,(H,23,24,27). The largest absolute Gasteiger partial charge is 0.466 e. The quantitative estimate of drug-likeness (QED) is 0.567. The van der Waals surface area contributed by atoms with Crippen LogP contribution in [0.25, 0.3) is 11.3 Å². The predicted molar refractivity (Wildman–Crippen MR) is 119 cm³/mol. The molecule has 0 unspecified atom stereocenters. The molecular weight excluding hydrogens is 416 g/mol. The average molecular weight is 441 g/mol. The van der Waals surface area contributed by atoms with Crippen LogP contribution in [0, 0.1) is 20.8 Å². The minimum atomic E-state index is -0.430. The van der Waals surface area contributed by atoms with Gasteiger partial charge in [0.05, 0.1) is 24.4 Å². The number of thiazole rings is 1. The van der Waals surface area contributed by atoms with E-state index in [0.29, 0.717) is 23.1 Å². The number of nitrogens with one attached hydrogen (secondary N) is 1. The van der Waals surface area contributed by atoms with Gasteiger partial charge in [-0.1, -0.05) is 6.07 Å². The van der Waals surface area contributed by atoms with E-state index >= 15 is 0 Å². The summed E-state index contributed by atoms with van der Waals surface area (Å²) in [7, 11) is 0. The number of hydrogen-bond donors (Lipinski definition) is 1. The predicted octanol–water partition coefficient (Wildman–Crippen LogP) is 3.04. The van der Waals surface area contributed by atoms with Crippen molar-refractivity contribution >= 4 is 28.3 Å². The Morgan fingerprint density at radius 2 is 1.87 bits per heavy atom. The van der Waals surface area contributed by atoms with Gasteiger partial charge in [0.15, 0.2) is 5.13 Å². The summed E-state index contributed by atoms with van der Waals surface area (Å²) < 4.78 is 6.02. The lowest BCUT2D eigenvalue weighted by Crippen LogP contribution is -2.29. The third-order valence-electron chi connectivity index (χ3n) is 4.71. The Bertz CT molecular complexity index is 1180. The van der Waals surface area contributed by atoms with Gasteiger partial charge in [-0.25, -0.2) is 9.67 Å². The highest BCUT2D eigenvalue weighted by atomic mass is 32.1. The number of amides is 1.